The minimum absolute atomic E-state index is 0.445. The monoisotopic (exact) mass is 430 g/mol. The lowest BCUT2D eigenvalue weighted by Gasteiger charge is -2.32. The summed E-state index contributed by atoms with van der Waals surface area (Å²) in [5.74, 6) is -1.60. The van der Waals surface area contributed by atoms with Crippen molar-refractivity contribution in [1.29, 1.82) is 0 Å². The largest absolute Gasteiger partial charge is 0.372 e. The van der Waals surface area contributed by atoms with E-state index in [4.69, 9.17) is 23.7 Å². The topological polar surface area (TPSA) is 46.2 Å². The SMILES string of the molecule is CCOC(C)(OCC)c1ccccc1COCc1ccccc1C(C)(OCC)OCC. The van der Waals surface area contributed by atoms with E-state index in [2.05, 4.69) is 12.1 Å². The maximum atomic E-state index is 6.17. The van der Waals surface area contributed by atoms with Gasteiger partial charge in [0.15, 0.2) is 11.6 Å². The van der Waals surface area contributed by atoms with Crippen LogP contribution in [0.15, 0.2) is 48.5 Å². The van der Waals surface area contributed by atoms with E-state index < -0.39 is 11.6 Å². The van der Waals surface area contributed by atoms with Crippen molar-refractivity contribution in [2.24, 2.45) is 0 Å². The fourth-order valence-corrected chi connectivity index (χ4v) is 3.95. The standard InChI is InChI=1S/C26H38O5/c1-7-28-25(5,29-8-2)23-17-13-11-15-21(23)19-27-20-22-16-12-14-18-24(22)26(6,30-9-3)31-10-4/h11-18H,7-10,19-20H2,1-6H3. The summed E-state index contributed by atoms with van der Waals surface area (Å²) < 4.78 is 30.0. The molecule has 5 heteroatoms. The van der Waals surface area contributed by atoms with Gasteiger partial charge in [0.2, 0.25) is 0 Å². The fraction of sp³-hybridized carbons (Fsp3) is 0.538. The minimum atomic E-state index is -0.802. The second-order valence-corrected chi connectivity index (χ2v) is 7.43. The Kier molecular flexibility index (Phi) is 10.1. The molecule has 0 aliphatic carbocycles. The molecule has 0 atom stereocenters. The van der Waals surface area contributed by atoms with E-state index in [0.717, 1.165) is 22.3 Å². The summed E-state index contributed by atoms with van der Waals surface area (Å²) in [5.41, 5.74) is 4.06. The molecular weight excluding hydrogens is 392 g/mol. The first-order valence-corrected chi connectivity index (χ1v) is 11.2. The van der Waals surface area contributed by atoms with E-state index in [0.29, 0.717) is 39.6 Å². The van der Waals surface area contributed by atoms with Crippen molar-refractivity contribution < 1.29 is 23.7 Å². The van der Waals surface area contributed by atoms with Crippen LogP contribution in [0.5, 0.6) is 0 Å². The van der Waals surface area contributed by atoms with Crippen LogP contribution in [0.25, 0.3) is 0 Å². The minimum Gasteiger partial charge on any atom is -0.372 e. The summed E-state index contributed by atoms with van der Waals surface area (Å²) in [5, 5.41) is 0. The molecule has 0 aromatic heterocycles. The van der Waals surface area contributed by atoms with E-state index >= 15 is 0 Å². The van der Waals surface area contributed by atoms with Crippen molar-refractivity contribution in [1.82, 2.24) is 0 Å². The Morgan fingerprint density at radius 2 is 0.871 bits per heavy atom. The van der Waals surface area contributed by atoms with E-state index in [1.807, 2.05) is 77.9 Å². The smallest absolute Gasteiger partial charge is 0.192 e. The van der Waals surface area contributed by atoms with Gasteiger partial charge in [-0.3, -0.25) is 0 Å². The average molecular weight is 431 g/mol. The van der Waals surface area contributed by atoms with Gasteiger partial charge in [0.05, 0.1) is 13.2 Å². The van der Waals surface area contributed by atoms with Gasteiger partial charge >= 0.3 is 0 Å². The first-order chi connectivity index (χ1) is 14.9. The molecule has 0 aliphatic heterocycles. The first kappa shape index (κ1) is 25.5. The summed E-state index contributed by atoms with van der Waals surface area (Å²) in [6.45, 7) is 15.0. The van der Waals surface area contributed by atoms with Crippen molar-refractivity contribution in [3.63, 3.8) is 0 Å². The maximum absolute atomic E-state index is 6.17. The number of hydrogen-bond acceptors (Lipinski definition) is 5. The molecule has 0 aliphatic rings. The van der Waals surface area contributed by atoms with Crippen LogP contribution in [-0.2, 0) is 48.5 Å². The van der Waals surface area contributed by atoms with Gasteiger partial charge in [-0.25, -0.2) is 0 Å². The molecule has 0 heterocycles. The summed E-state index contributed by atoms with van der Waals surface area (Å²) in [7, 11) is 0. The third-order valence-corrected chi connectivity index (χ3v) is 5.21. The van der Waals surface area contributed by atoms with Crippen LogP contribution in [0.3, 0.4) is 0 Å². The van der Waals surface area contributed by atoms with Gasteiger partial charge in [0, 0.05) is 37.6 Å². The Morgan fingerprint density at radius 3 is 1.19 bits per heavy atom. The molecule has 5 nitrogen and oxygen atoms in total. The van der Waals surface area contributed by atoms with Crippen LogP contribution in [0, 0.1) is 0 Å². The summed E-state index contributed by atoms with van der Waals surface area (Å²) in [6.07, 6.45) is 0. The Labute approximate surface area is 187 Å². The van der Waals surface area contributed by atoms with Gasteiger partial charge < -0.3 is 23.7 Å². The first-order valence-electron chi connectivity index (χ1n) is 11.2. The van der Waals surface area contributed by atoms with Gasteiger partial charge in [-0.2, -0.15) is 0 Å². The van der Waals surface area contributed by atoms with Crippen LogP contribution in [0.1, 0.15) is 63.8 Å². The molecule has 0 bridgehead atoms. The van der Waals surface area contributed by atoms with Gasteiger partial charge in [-0.15, -0.1) is 0 Å². The number of hydrogen-bond donors (Lipinski definition) is 0. The van der Waals surface area contributed by atoms with Crippen LogP contribution in [-0.4, -0.2) is 26.4 Å². The van der Waals surface area contributed by atoms with Crippen molar-refractivity contribution >= 4 is 0 Å². The molecule has 0 unspecified atom stereocenters. The van der Waals surface area contributed by atoms with E-state index in [-0.39, 0.29) is 0 Å². The highest BCUT2D eigenvalue weighted by molar-refractivity contribution is 5.32. The zero-order valence-corrected chi connectivity index (χ0v) is 19.9. The molecule has 0 spiro atoms. The Balaban J connectivity index is 2.21. The summed E-state index contributed by atoms with van der Waals surface area (Å²) >= 11 is 0. The highest BCUT2D eigenvalue weighted by atomic mass is 16.7. The van der Waals surface area contributed by atoms with Gasteiger partial charge in [-0.05, 0) is 52.7 Å². The van der Waals surface area contributed by atoms with Crippen molar-refractivity contribution in [3.05, 3.63) is 70.8 Å². The lowest BCUT2D eigenvalue weighted by molar-refractivity contribution is -0.230. The lowest BCUT2D eigenvalue weighted by atomic mass is 10.00. The number of rotatable bonds is 14. The predicted molar refractivity (Wildman–Crippen MR) is 123 cm³/mol. The van der Waals surface area contributed by atoms with Crippen LogP contribution >= 0.6 is 0 Å². The second kappa shape index (κ2) is 12.3. The highest BCUT2D eigenvalue weighted by Gasteiger charge is 2.31. The van der Waals surface area contributed by atoms with Crippen molar-refractivity contribution in [2.75, 3.05) is 26.4 Å². The van der Waals surface area contributed by atoms with Gasteiger partial charge in [0.1, 0.15) is 0 Å². The molecule has 0 amide bonds. The third kappa shape index (κ3) is 6.61. The second-order valence-electron chi connectivity index (χ2n) is 7.43. The molecule has 31 heavy (non-hydrogen) atoms. The van der Waals surface area contributed by atoms with Crippen molar-refractivity contribution in [3.8, 4) is 0 Å². The van der Waals surface area contributed by atoms with Crippen LogP contribution in [0.2, 0.25) is 0 Å². The van der Waals surface area contributed by atoms with Gasteiger partial charge in [0.25, 0.3) is 0 Å². The zero-order valence-electron chi connectivity index (χ0n) is 19.9. The Morgan fingerprint density at radius 1 is 0.548 bits per heavy atom. The predicted octanol–water partition coefficient (Wildman–Crippen LogP) is 5.89. The molecule has 0 saturated heterocycles. The molecule has 0 N–H and O–H groups in total. The molecule has 172 valence electrons. The maximum Gasteiger partial charge on any atom is 0.192 e. The summed E-state index contributed by atoms with van der Waals surface area (Å²) in [4.78, 5) is 0. The number of ether oxygens (including phenoxy) is 5. The van der Waals surface area contributed by atoms with E-state index in [9.17, 15) is 0 Å². The normalized spacial score (nSPS) is 12.3. The van der Waals surface area contributed by atoms with Gasteiger partial charge in [-0.1, -0.05) is 48.5 Å². The highest BCUT2D eigenvalue weighted by Crippen LogP contribution is 2.32. The van der Waals surface area contributed by atoms with Crippen molar-refractivity contribution in [2.45, 2.75) is 66.3 Å². The molecule has 0 saturated carbocycles. The summed E-state index contributed by atoms with van der Waals surface area (Å²) in [6, 6.07) is 16.2. The number of benzene rings is 2. The Hall–Kier alpha value is -1.76. The fourth-order valence-electron chi connectivity index (χ4n) is 3.95. The van der Waals surface area contributed by atoms with Crippen LogP contribution in [0.4, 0.5) is 0 Å². The third-order valence-electron chi connectivity index (χ3n) is 5.21. The molecule has 0 radical (unpaired) electrons. The Bertz CT molecular complexity index is 711. The molecule has 0 fully saturated rings. The quantitative estimate of drug-likeness (QED) is 0.350. The average Bonchev–Trinajstić information content (AvgIpc) is 2.75. The molecular formula is C26H38O5. The van der Waals surface area contributed by atoms with E-state index in [1.54, 1.807) is 0 Å². The molecule has 2 aromatic carbocycles. The lowest BCUT2D eigenvalue weighted by Crippen LogP contribution is -2.31. The zero-order chi connectivity index (χ0) is 22.7. The van der Waals surface area contributed by atoms with E-state index in [1.165, 1.54) is 0 Å². The van der Waals surface area contributed by atoms with Crippen LogP contribution < -0.4 is 0 Å². The molecule has 2 aromatic rings. The molecule has 2 rings (SSSR count).